The zero-order valence-corrected chi connectivity index (χ0v) is 22.5. The maximum atomic E-state index is 13.6. The van der Waals surface area contributed by atoms with Gasteiger partial charge in [-0.1, -0.05) is 54.6 Å². The highest BCUT2D eigenvalue weighted by molar-refractivity contribution is 7.10. The third-order valence-corrected chi connectivity index (χ3v) is 7.39. The van der Waals surface area contributed by atoms with Gasteiger partial charge in [-0.25, -0.2) is 9.78 Å². The fourth-order valence-electron chi connectivity index (χ4n) is 4.10. The summed E-state index contributed by atoms with van der Waals surface area (Å²) in [5.41, 5.74) is 12.8. The molecule has 2 amide bonds. The average molecular weight is 529 g/mol. The molecular weight excluding hydrogens is 496 g/mol. The monoisotopic (exact) mass is 528 g/mol. The topological polar surface area (TPSA) is 106 Å². The lowest BCUT2D eigenvalue weighted by Crippen LogP contribution is -2.49. The fourth-order valence-corrected chi connectivity index (χ4v) is 4.98. The lowest BCUT2D eigenvalue weighted by molar-refractivity contribution is -0.123. The zero-order valence-electron chi connectivity index (χ0n) is 21.7. The van der Waals surface area contributed by atoms with Crippen LogP contribution in [0, 0.1) is 13.8 Å². The molecule has 196 valence electrons. The number of carbonyl (C=O) groups is 2. The van der Waals surface area contributed by atoms with E-state index in [1.165, 1.54) is 29.6 Å². The van der Waals surface area contributed by atoms with Crippen molar-refractivity contribution in [3.05, 3.63) is 105 Å². The summed E-state index contributed by atoms with van der Waals surface area (Å²) in [7, 11) is 1.28. The number of alkyl carbamates (subject to hydrolysis) is 1. The van der Waals surface area contributed by atoms with Crippen LogP contribution in [0.25, 0.3) is 11.3 Å². The molecule has 0 aliphatic heterocycles. The Morgan fingerprint density at radius 2 is 1.63 bits per heavy atom. The Labute approximate surface area is 227 Å². The Morgan fingerprint density at radius 1 is 0.921 bits per heavy atom. The van der Waals surface area contributed by atoms with Crippen LogP contribution in [-0.2, 0) is 22.4 Å². The van der Waals surface area contributed by atoms with E-state index in [0.29, 0.717) is 18.5 Å². The largest absolute Gasteiger partial charge is 0.453 e. The van der Waals surface area contributed by atoms with Gasteiger partial charge in [0.2, 0.25) is 5.91 Å². The van der Waals surface area contributed by atoms with Crippen molar-refractivity contribution in [3.8, 4) is 11.3 Å². The SMILES string of the molecule is COC(=O)NC(Cc1ccccc1)C(=O)NC(Cc1ccc(N)cc1)c1nc(-c2ccc(C)c(C)c2)cs1. The first-order valence-electron chi connectivity index (χ1n) is 12.4. The summed E-state index contributed by atoms with van der Waals surface area (Å²) >= 11 is 1.50. The van der Waals surface area contributed by atoms with Gasteiger partial charge in [0.05, 0.1) is 18.8 Å². The van der Waals surface area contributed by atoms with Gasteiger partial charge in [0, 0.05) is 23.1 Å². The van der Waals surface area contributed by atoms with E-state index < -0.39 is 18.2 Å². The molecule has 2 atom stereocenters. The van der Waals surface area contributed by atoms with Crippen LogP contribution in [0.5, 0.6) is 0 Å². The van der Waals surface area contributed by atoms with Crippen LogP contribution in [0.4, 0.5) is 10.5 Å². The number of amides is 2. The second-order valence-electron chi connectivity index (χ2n) is 9.26. The number of nitrogens with one attached hydrogen (secondary N) is 2. The number of benzene rings is 3. The van der Waals surface area contributed by atoms with Crippen LogP contribution in [-0.4, -0.2) is 30.1 Å². The minimum absolute atomic E-state index is 0.317. The van der Waals surface area contributed by atoms with Gasteiger partial charge in [0.15, 0.2) is 0 Å². The van der Waals surface area contributed by atoms with E-state index >= 15 is 0 Å². The minimum atomic E-state index is -0.821. The second kappa shape index (κ2) is 12.4. The van der Waals surface area contributed by atoms with E-state index in [-0.39, 0.29) is 5.91 Å². The highest BCUT2D eigenvalue weighted by Crippen LogP contribution is 2.29. The number of aryl methyl sites for hydroxylation is 2. The lowest BCUT2D eigenvalue weighted by atomic mass is 10.0. The molecule has 7 nitrogen and oxygen atoms in total. The third-order valence-electron chi connectivity index (χ3n) is 6.44. The van der Waals surface area contributed by atoms with Gasteiger partial charge >= 0.3 is 6.09 Å². The van der Waals surface area contributed by atoms with Crippen LogP contribution in [0.15, 0.2) is 78.2 Å². The Balaban J connectivity index is 1.62. The maximum absolute atomic E-state index is 13.6. The van der Waals surface area contributed by atoms with Crippen molar-refractivity contribution in [2.24, 2.45) is 0 Å². The van der Waals surface area contributed by atoms with Gasteiger partial charge in [0.25, 0.3) is 0 Å². The number of nitrogens with two attached hydrogens (primary N) is 1. The van der Waals surface area contributed by atoms with Gasteiger partial charge in [-0.15, -0.1) is 11.3 Å². The van der Waals surface area contributed by atoms with Crippen molar-refractivity contribution in [2.45, 2.75) is 38.8 Å². The van der Waals surface area contributed by atoms with Crippen molar-refractivity contribution in [1.29, 1.82) is 0 Å². The molecule has 2 unspecified atom stereocenters. The van der Waals surface area contributed by atoms with E-state index in [1.54, 1.807) is 0 Å². The second-order valence-corrected chi connectivity index (χ2v) is 10.1. The van der Waals surface area contributed by atoms with Gasteiger partial charge in [0.1, 0.15) is 11.0 Å². The molecule has 1 aromatic heterocycles. The maximum Gasteiger partial charge on any atom is 0.407 e. The van der Waals surface area contributed by atoms with Gasteiger partial charge < -0.3 is 21.1 Å². The number of anilines is 1. The fraction of sp³-hybridized carbons (Fsp3) is 0.233. The Morgan fingerprint density at radius 3 is 2.32 bits per heavy atom. The first-order valence-corrected chi connectivity index (χ1v) is 13.3. The van der Waals surface area contributed by atoms with Gasteiger partial charge in [-0.3, -0.25) is 4.79 Å². The van der Waals surface area contributed by atoms with E-state index in [9.17, 15) is 9.59 Å². The molecule has 4 rings (SSSR count). The molecule has 3 aromatic carbocycles. The molecule has 0 spiro atoms. The summed E-state index contributed by atoms with van der Waals surface area (Å²) in [5.74, 6) is -0.317. The molecule has 0 fully saturated rings. The summed E-state index contributed by atoms with van der Waals surface area (Å²) < 4.78 is 4.78. The highest BCUT2D eigenvalue weighted by Gasteiger charge is 2.26. The number of ether oxygens (including phenoxy) is 1. The van der Waals surface area contributed by atoms with E-state index in [2.05, 4.69) is 42.7 Å². The summed E-state index contributed by atoms with van der Waals surface area (Å²) in [6.45, 7) is 4.16. The number of nitrogens with zero attached hydrogens (tertiary/aromatic N) is 1. The van der Waals surface area contributed by atoms with Crippen molar-refractivity contribution in [2.75, 3.05) is 12.8 Å². The molecule has 0 radical (unpaired) electrons. The summed E-state index contributed by atoms with van der Waals surface area (Å²) in [6, 6.07) is 22.2. The molecule has 38 heavy (non-hydrogen) atoms. The quantitative estimate of drug-likeness (QED) is 0.253. The normalized spacial score (nSPS) is 12.4. The number of aromatic nitrogens is 1. The van der Waals surface area contributed by atoms with Crippen LogP contribution in [0.1, 0.15) is 33.3 Å². The predicted molar refractivity (Wildman–Crippen MR) is 152 cm³/mol. The summed E-state index contributed by atoms with van der Waals surface area (Å²) in [6.07, 6.45) is 0.173. The van der Waals surface area contributed by atoms with E-state index in [4.69, 9.17) is 15.5 Å². The summed E-state index contributed by atoms with van der Waals surface area (Å²) in [4.78, 5) is 30.5. The molecule has 0 bridgehead atoms. The minimum Gasteiger partial charge on any atom is -0.453 e. The molecule has 0 aliphatic carbocycles. The third kappa shape index (κ3) is 6.98. The zero-order chi connectivity index (χ0) is 27.1. The van der Waals surface area contributed by atoms with Gasteiger partial charge in [-0.05, 0) is 60.7 Å². The van der Waals surface area contributed by atoms with Crippen molar-refractivity contribution in [3.63, 3.8) is 0 Å². The number of carbonyl (C=O) groups excluding carboxylic acids is 2. The molecule has 1 heterocycles. The van der Waals surface area contributed by atoms with Crippen LogP contribution in [0.3, 0.4) is 0 Å². The van der Waals surface area contributed by atoms with Crippen molar-refractivity contribution in [1.82, 2.24) is 15.6 Å². The highest BCUT2D eigenvalue weighted by atomic mass is 32.1. The Hall–Kier alpha value is -4.17. The van der Waals surface area contributed by atoms with Crippen LogP contribution in [0.2, 0.25) is 0 Å². The number of nitrogen functional groups attached to an aromatic ring is 1. The average Bonchev–Trinajstić information content (AvgIpc) is 3.41. The Bertz CT molecular complexity index is 1390. The molecular formula is C30H32N4O3S. The van der Waals surface area contributed by atoms with E-state index in [0.717, 1.165) is 27.4 Å². The molecule has 0 aliphatic rings. The smallest absolute Gasteiger partial charge is 0.407 e. The standard InChI is InChI=1S/C30H32N4O3S/c1-19-9-12-23(15-20(19)2)27-18-38-29(33-27)26(17-22-10-13-24(31)14-11-22)32-28(35)25(34-30(36)37-3)16-21-7-5-4-6-8-21/h4-15,18,25-26H,16-17,31H2,1-3H3,(H,32,35)(H,34,36). The van der Waals surface area contributed by atoms with Crippen molar-refractivity contribution < 1.29 is 14.3 Å². The lowest BCUT2D eigenvalue weighted by Gasteiger charge is -2.22. The van der Waals surface area contributed by atoms with Gasteiger partial charge in [-0.2, -0.15) is 0 Å². The molecule has 4 N–H and O–H groups in total. The Kier molecular flexibility index (Phi) is 8.76. The number of hydrogen-bond acceptors (Lipinski definition) is 6. The van der Waals surface area contributed by atoms with E-state index in [1.807, 2.05) is 60.0 Å². The number of thiazole rings is 1. The predicted octanol–water partition coefficient (Wildman–Crippen LogP) is 5.38. The first-order chi connectivity index (χ1) is 18.3. The number of methoxy groups -OCH3 is 1. The molecule has 0 saturated carbocycles. The number of rotatable bonds is 9. The van der Waals surface area contributed by atoms with Crippen LogP contribution >= 0.6 is 11.3 Å². The van der Waals surface area contributed by atoms with Crippen molar-refractivity contribution >= 4 is 29.0 Å². The molecule has 0 saturated heterocycles. The molecule has 4 aromatic rings. The number of hydrogen-bond donors (Lipinski definition) is 3. The summed E-state index contributed by atoms with van der Waals surface area (Å²) in [5, 5.41) is 8.61. The first kappa shape index (κ1) is 26.9. The van der Waals surface area contributed by atoms with Crippen LogP contribution < -0.4 is 16.4 Å². The molecule has 8 heteroatoms.